The number of benzene rings is 1. The molecule has 1 aromatic carbocycles. The van der Waals surface area contributed by atoms with Gasteiger partial charge in [0, 0.05) is 12.1 Å². The van der Waals surface area contributed by atoms with Crippen molar-refractivity contribution < 1.29 is 18.5 Å². The van der Waals surface area contributed by atoms with E-state index >= 15 is 0 Å². The van der Waals surface area contributed by atoms with E-state index in [0.29, 0.717) is 18.6 Å². The van der Waals surface area contributed by atoms with Crippen LogP contribution in [0.2, 0.25) is 0 Å². The number of nitro groups is 1. The average molecular weight is 299 g/mol. The van der Waals surface area contributed by atoms with Gasteiger partial charge in [-0.2, -0.15) is 0 Å². The zero-order chi connectivity index (χ0) is 15.6. The lowest BCUT2D eigenvalue weighted by Crippen LogP contribution is -2.49. The number of rotatable bonds is 3. The van der Waals surface area contributed by atoms with Crippen molar-refractivity contribution in [3.05, 3.63) is 39.4 Å². The zero-order valence-corrected chi connectivity index (χ0v) is 11.1. The lowest BCUT2D eigenvalue weighted by Gasteiger charge is -2.29. The van der Waals surface area contributed by atoms with Gasteiger partial charge in [-0.15, -0.1) is 0 Å². The molecule has 0 spiro atoms. The van der Waals surface area contributed by atoms with Gasteiger partial charge >= 0.3 is 0 Å². The van der Waals surface area contributed by atoms with Crippen molar-refractivity contribution in [2.45, 2.75) is 37.8 Å². The molecule has 3 N–H and O–H groups in total. The Balaban J connectivity index is 2.26. The standard InChI is InChI=1S/C13H15F2N3O3/c14-8-5-7(12(18(20)21)6-9(8)15)13(19)17-11-4-2-1-3-10(11)16/h5-6,10-11H,1-4,16H2,(H,17,19)/t10-,11-/m1/s1. The maximum absolute atomic E-state index is 13.2. The summed E-state index contributed by atoms with van der Waals surface area (Å²) >= 11 is 0. The summed E-state index contributed by atoms with van der Waals surface area (Å²) < 4.78 is 26.3. The Morgan fingerprint density at radius 1 is 1.29 bits per heavy atom. The van der Waals surface area contributed by atoms with Gasteiger partial charge in [0.15, 0.2) is 11.6 Å². The molecule has 0 bridgehead atoms. The van der Waals surface area contributed by atoms with Crippen LogP contribution in [0.15, 0.2) is 12.1 Å². The van der Waals surface area contributed by atoms with E-state index in [1.807, 2.05) is 0 Å². The zero-order valence-electron chi connectivity index (χ0n) is 11.1. The van der Waals surface area contributed by atoms with Gasteiger partial charge in [-0.1, -0.05) is 12.8 Å². The summed E-state index contributed by atoms with van der Waals surface area (Å²) in [5, 5.41) is 13.4. The largest absolute Gasteiger partial charge is 0.348 e. The van der Waals surface area contributed by atoms with Crippen molar-refractivity contribution in [3.8, 4) is 0 Å². The number of carbonyl (C=O) groups is 1. The van der Waals surface area contributed by atoms with E-state index in [2.05, 4.69) is 5.32 Å². The number of halogens is 2. The minimum atomic E-state index is -1.37. The molecule has 0 aliphatic heterocycles. The number of hydrogen-bond acceptors (Lipinski definition) is 4. The quantitative estimate of drug-likeness (QED) is 0.657. The van der Waals surface area contributed by atoms with Crippen molar-refractivity contribution in [1.29, 1.82) is 0 Å². The van der Waals surface area contributed by atoms with Crippen LogP contribution in [0.25, 0.3) is 0 Å². The van der Waals surface area contributed by atoms with E-state index in [0.717, 1.165) is 19.3 Å². The fraction of sp³-hybridized carbons (Fsp3) is 0.462. The Hall–Kier alpha value is -2.09. The van der Waals surface area contributed by atoms with Crippen LogP contribution < -0.4 is 11.1 Å². The molecule has 2 atom stereocenters. The molecule has 1 aromatic rings. The summed E-state index contributed by atoms with van der Waals surface area (Å²) in [5.41, 5.74) is 4.60. The predicted molar refractivity (Wildman–Crippen MR) is 70.7 cm³/mol. The molecule has 0 unspecified atom stereocenters. The summed E-state index contributed by atoms with van der Waals surface area (Å²) in [6.07, 6.45) is 3.24. The normalized spacial score (nSPS) is 21.9. The van der Waals surface area contributed by atoms with Crippen molar-refractivity contribution in [3.63, 3.8) is 0 Å². The first-order valence-electron chi connectivity index (χ1n) is 6.60. The smallest absolute Gasteiger partial charge is 0.285 e. The molecule has 1 fully saturated rings. The molecule has 0 radical (unpaired) electrons. The molecule has 1 aliphatic rings. The van der Waals surface area contributed by atoms with Gasteiger partial charge in [0.1, 0.15) is 5.56 Å². The third-order valence-electron chi connectivity index (χ3n) is 3.62. The Bertz CT molecular complexity index is 580. The molecule has 21 heavy (non-hydrogen) atoms. The van der Waals surface area contributed by atoms with Gasteiger partial charge in [-0.3, -0.25) is 14.9 Å². The number of nitrogens with two attached hydrogens (primary N) is 1. The molecular formula is C13H15F2N3O3. The third-order valence-corrected chi connectivity index (χ3v) is 3.62. The third kappa shape index (κ3) is 3.33. The number of amides is 1. The van der Waals surface area contributed by atoms with Gasteiger partial charge in [0.05, 0.1) is 11.0 Å². The number of nitrogens with zero attached hydrogens (tertiary/aromatic N) is 1. The van der Waals surface area contributed by atoms with Crippen LogP contribution in [-0.2, 0) is 0 Å². The highest BCUT2D eigenvalue weighted by Gasteiger charge is 2.28. The van der Waals surface area contributed by atoms with Crippen molar-refractivity contribution in [2.24, 2.45) is 5.73 Å². The van der Waals surface area contributed by atoms with E-state index < -0.39 is 33.7 Å². The highest BCUT2D eigenvalue weighted by molar-refractivity contribution is 5.98. The van der Waals surface area contributed by atoms with Crippen LogP contribution >= 0.6 is 0 Å². The first-order chi connectivity index (χ1) is 9.90. The second kappa shape index (κ2) is 6.13. The molecular weight excluding hydrogens is 284 g/mol. The molecule has 0 aromatic heterocycles. The fourth-order valence-electron chi connectivity index (χ4n) is 2.45. The number of nitro benzene ring substituents is 1. The fourth-order valence-corrected chi connectivity index (χ4v) is 2.45. The first kappa shape index (κ1) is 15.3. The number of nitrogens with one attached hydrogen (secondary N) is 1. The Morgan fingerprint density at radius 3 is 2.52 bits per heavy atom. The number of carbonyl (C=O) groups excluding carboxylic acids is 1. The van der Waals surface area contributed by atoms with Gasteiger partial charge in [-0.25, -0.2) is 8.78 Å². The van der Waals surface area contributed by atoms with E-state index in [1.165, 1.54) is 0 Å². The molecule has 1 amide bonds. The lowest BCUT2D eigenvalue weighted by molar-refractivity contribution is -0.385. The summed E-state index contributed by atoms with van der Waals surface area (Å²) in [6.45, 7) is 0. The van der Waals surface area contributed by atoms with Gasteiger partial charge < -0.3 is 11.1 Å². The van der Waals surface area contributed by atoms with Crippen molar-refractivity contribution >= 4 is 11.6 Å². The summed E-state index contributed by atoms with van der Waals surface area (Å²) in [7, 11) is 0. The minimum Gasteiger partial charge on any atom is -0.348 e. The van der Waals surface area contributed by atoms with E-state index in [1.54, 1.807) is 0 Å². The summed E-state index contributed by atoms with van der Waals surface area (Å²) in [4.78, 5) is 22.0. The Morgan fingerprint density at radius 2 is 1.90 bits per heavy atom. The van der Waals surface area contributed by atoms with Gasteiger partial charge in [0.25, 0.3) is 11.6 Å². The average Bonchev–Trinajstić information content (AvgIpc) is 2.43. The molecule has 0 heterocycles. The van der Waals surface area contributed by atoms with E-state index in [-0.39, 0.29) is 12.1 Å². The van der Waals surface area contributed by atoms with Crippen LogP contribution in [0.3, 0.4) is 0 Å². The maximum Gasteiger partial charge on any atom is 0.285 e. The molecule has 0 saturated heterocycles. The summed E-state index contributed by atoms with van der Waals surface area (Å²) in [6, 6.07) is 0.383. The summed E-state index contributed by atoms with van der Waals surface area (Å²) in [5.74, 6) is -3.49. The topological polar surface area (TPSA) is 98.3 Å². The van der Waals surface area contributed by atoms with Crippen molar-refractivity contribution in [1.82, 2.24) is 5.32 Å². The Labute approximate surface area is 119 Å². The predicted octanol–water partition coefficient (Wildman–Crippen LogP) is 1.87. The molecule has 8 heteroatoms. The molecule has 1 aliphatic carbocycles. The van der Waals surface area contributed by atoms with Crippen molar-refractivity contribution in [2.75, 3.05) is 0 Å². The van der Waals surface area contributed by atoms with Gasteiger partial charge in [0.2, 0.25) is 0 Å². The monoisotopic (exact) mass is 299 g/mol. The number of hydrogen-bond donors (Lipinski definition) is 2. The van der Waals surface area contributed by atoms with Crippen LogP contribution in [0.1, 0.15) is 36.0 Å². The molecule has 6 nitrogen and oxygen atoms in total. The van der Waals surface area contributed by atoms with E-state index in [9.17, 15) is 23.7 Å². The molecule has 2 rings (SSSR count). The maximum atomic E-state index is 13.2. The van der Waals surface area contributed by atoms with E-state index in [4.69, 9.17) is 5.73 Å². The minimum absolute atomic E-state index is 0.243. The SMILES string of the molecule is N[C@@H]1CCCC[C@H]1NC(=O)c1cc(F)c(F)cc1[N+](=O)[O-]. The van der Waals surface area contributed by atoms with Crippen LogP contribution in [0.5, 0.6) is 0 Å². The van der Waals surface area contributed by atoms with Crippen LogP contribution in [-0.4, -0.2) is 22.9 Å². The second-order valence-electron chi connectivity index (χ2n) is 5.07. The van der Waals surface area contributed by atoms with Crippen LogP contribution in [0.4, 0.5) is 14.5 Å². The molecule has 1 saturated carbocycles. The highest BCUT2D eigenvalue weighted by Crippen LogP contribution is 2.23. The lowest BCUT2D eigenvalue weighted by atomic mass is 9.91. The molecule has 114 valence electrons. The van der Waals surface area contributed by atoms with Gasteiger partial charge in [-0.05, 0) is 18.9 Å². The Kier molecular flexibility index (Phi) is 4.46. The second-order valence-corrected chi connectivity index (χ2v) is 5.07. The first-order valence-corrected chi connectivity index (χ1v) is 6.60. The van der Waals surface area contributed by atoms with Crippen LogP contribution in [0, 0.1) is 21.7 Å². The highest BCUT2D eigenvalue weighted by atomic mass is 19.2.